The number of halogens is 1. The lowest BCUT2D eigenvalue weighted by atomic mass is 9.90. The number of hydrogen-bond donors (Lipinski definition) is 2. The molecule has 4 nitrogen and oxygen atoms in total. The molecule has 1 saturated heterocycles. The topological polar surface area (TPSA) is 58.2 Å². The second kappa shape index (κ2) is 7.05. The Balaban J connectivity index is 0.00000161. The Bertz CT molecular complexity index is 539. The van der Waals surface area contributed by atoms with Gasteiger partial charge in [-0.05, 0) is 56.5 Å². The van der Waals surface area contributed by atoms with Gasteiger partial charge in [0.05, 0.1) is 0 Å². The molecule has 0 aromatic heterocycles. The summed E-state index contributed by atoms with van der Waals surface area (Å²) >= 11 is 0. The minimum absolute atomic E-state index is 0. The fraction of sp³-hybridized carbons (Fsp3) is 0.500. The molecule has 114 valence electrons. The van der Waals surface area contributed by atoms with E-state index in [4.69, 9.17) is 0 Å². The van der Waals surface area contributed by atoms with Crippen molar-refractivity contribution in [3.63, 3.8) is 0 Å². The third-order valence-corrected chi connectivity index (χ3v) is 4.24. The Kier molecular flexibility index (Phi) is 5.37. The summed E-state index contributed by atoms with van der Waals surface area (Å²) in [5.41, 5.74) is 2.66. The predicted molar refractivity (Wildman–Crippen MR) is 85.2 cm³/mol. The van der Waals surface area contributed by atoms with Crippen LogP contribution in [0.2, 0.25) is 0 Å². The molecule has 1 fully saturated rings. The Labute approximate surface area is 131 Å². The van der Waals surface area contributed by atoms with Crippen molar-refractivity contribution in [1.82, 2.24) is 5.32 Å². The van der Waals surface area contributed by atoms with Gasteiger partial charge in [0, 0.05) is 23.6 Å². The van der Waals surface area contributed by atoms with Gasteiger partial charge in [-0.25, -0.2) is 0 Å². The SMILES string of the molecule is Cl.O=C1CCCc2ccc(NC(=O)C3CCNCC3)cc21. The average molecular weight is 309 g/mol. The minimum atomic E-state index is 0. The van der Waals surface area contributed by atoms with Gasteiger partial charge < -0.3 is 10.6 Å². The summed E-state index contributed by atoms with van der Waals surface area (Å²) in [5, 5.41) is 6.22. The van der Waals surface area contributed by atoms with Crippen molar-refractivity contribution in [1.29, 1.82) is 0 Å². The Morgan fingerprint density at radius 3 is 2.71 bits per heavy atom. The van der Waals surface area contributed by atoms with E-state index in [-0.39, 0.29) is 30.0 Å². The average Bonchev–Trinajstić information content (AvgIpc) is 2.49. The zero-order valence-corrected chi connectivity index (χ0v) is 12.8. The maximum Gasteiger partial charge on any atom is 0.227 e. The van der Waals surface area contributed by atoms with E-state index in [1.54, 1.807) is 0 Å². The van der Waals surface area contributed by atoms with Crippen LogP contribution in [0.3, 0.4) is 0 Å². The molecule has 2 aliphatic rings. The molecule has 5 heteroatoms. The summed E-state index contributed by atoms with van der Waals surface area (Å²) in [6.07, 6.45) is 4.29. The normalized spacial score (nSPS) is 18.6. The molecule has 1 amide bonds. The highest BCUT2D eigenvalue weighted by atomic mass is 35.5. The highest BCUT2D eigenvalue weighted by Crippen LogP contribution is 2.25. The molecule has 1 aliphatic heterocycles. The van der Waals surface area contributed by atoms with Gasteiger partial charge in [0.25, 0.3) is 0 Å². The van der Waals surface area contributed by atoms with E-state index in [1.807, 2.05) is 18.2 Å². The number of hydrogen-bond acceptors (Lipinski definition) is 3. The fourth-order valence-corrected chi connectivity index (χ4v) is 3.03. The van der Waals surface area contributed by atoms with E-state index in [0.717, 1.165) is 55.6 Å². The molecular formula is C16H21ClN2O2. The van der Waals surface area contributed by atoms with Gasteiger partial charge in [0.1, 0.15) is 0 Å². The molecule has 0 spiro atoms. The molecule has 1 aliphatic carbocycles. The number of carbonyl (C=O) groups is 2. The number of amides is 1. The van der Waals surface area contributed by atoms with Crippen molar-refractivity contribution in [2.75, 3.05) is 18.4 Å². The van der Waals surface area contributed by atoms with Gasteiger partial charge in [-0.2, -0.15) is 0 Å². The monoisotopic (exact) mass is 308 g/mol. The van der Waals surface area contributed by atoms with Crippen LogP contribution >= 0.6 is 12.4 Å². The second-order valence-electron chi connectivity index (χ2n) is 5.66. The number of benzene rings is 1. The summed E-state index contributed by atoms with van der Waals surface area (Å²) in [4.78, 5) is 24.1. The lowest BCUT2D eigenvalue weighted by molar-refractivity contribution is -0.120. The number of ketones is 1. The summed E-state index contributed by atoms with van der Waals surface area (Å²) in [5.74, 6) is 0.363. The van der Waals surface area contributed by atoms with E-state index in [9.17, 15) is 9.59 Å². The van der Waals surface area contributed by atoms with Crippen molar-refractivity contribution in [3.8, 4) is 0 Å². The Morgan fingerprint density at radius 2 is 1.95 bits per heavy atom. The molecule has 0 unspecified atom stereocenters. The highest BCUT2D eigenvalue weighted by Gasteiger charge is 2.22. The standard InChI is InChI=1S/C16H20N2O2.ClH/c19-15-3-1-2-11-4-5-13(10-14(11)15)18-16(20)12-6-8-17-9-7-12;/h4-5,10,12,17H,1-3,6-9H2,(H,18,20);1H. The van der Waals surface area contributed by atoms with Crippen LogP contribution in [0.5, 0.6) is 0 Å². The smallest absolute Gasteiger partial charge is 0.227 e. The highest BCUT2D eigenvalue weighted by molar-refractivity contribution is 6.00. The Morgan fingerprint density at radius 1 is 1.19 bits per heavy atom. The van der Waals surface area contributed by atoms with Crippen LogP contribution in [0.1, 0.15) is 41.6 Å². The van der Waals surface area contributed by atoms with E-state index < -0.39 is 0 Å². The number of anilines is 1. The van der Waals surface area contributed by atoms with Crippen molar-refractivity contribution >= 4 is 29.8 Å². The van der Waals surface area contributed by atoms with Crippen LogP contribution in [-0.2, 0) is 11.2 Å². The van der Waals surface area contributed by atoms with Crippen LogP contribution in [0, 0.1) is 5.92 Å². The van der Waals surface area contributed by atoms with Gasteiger partial charge in [-0.3, -0.25) is 9.59 Å². The molecule has 1 aromatic rings. The number of aryl methyl sites for hydroxylation is 1. The molecular weight excluding hydrogens is 288 g/mol. The number of carbonyl (C=O) groups excluding carboxylic acids is 2. The molecule has 21 heavy (non-hydrogen) atoms. The van der Waals surface area contributed by atoms with Crippen LogP contribution < -0.4 is 10.6 Å². The van der Waals surface area contributed by atoms with Crippen LogP contribution in [0.15, 0.2) is 18.2 Å². The lowest BCUT2D eigenvalue weighted by Crippen LogP contribution is -2.34. The zero-order chi connectivity index (χ0) is 13.9. The summed E-state index contributed by atoms with van der Waals surface area (Å²) in [7, 11) is 0. The maximum absolute atomic E-state index is 12.2. The first kappa shape index (κ1) is 16.0. The summed E-state index contributed by atoms with van der Waals surface area (Å²) < 4.78 is 0. The second-order valence-corrected chi connectivity index (χ2v) is 5.66. The molecule has 0 radical (unpaired) electrons. The van der Waals surface area contributed by atoms with Crippen LogP contribution in [-0.4, -0.2) is 24.8 Å². The van der Waals surface area contributed by atoms with Crippen LogP contribution in [0.4, 0.5) is 5.69 Å². The molecule has 0 atom stereocenters. The number of rotatable bonds is 2. The number of piperidine rings is 1. The van der Waals surface area contributed by atoms with Crippen LogP contribution in [0.25, 0.3) is 0 Å². The van der Waals surface area contributed by atoms with E-state index in [2.05, 4.69) is 10.6 Å². The third kappa shape index (κ3) is 3.63. The largest absolute Gasteiger partial charge is 0.326 e. The number of Topliss-reactive ketones (excluding diaryl/α,β-unsaturated/α-hetero) is 1. The molecule has 1 aromatic carbocycles. The van der Waals surface area contributed by atoms with Gasteiger partial charge in [0.2, 0.25) is 5.91 Å². The minimum Gasteiger partial charge on any atom is -0.326 e. The third-order valence-electron chi connectivity index (χ3n) is 4.24. The molecule has 3 rings (SSSR count). The molecule has 1 heterocycles. The Hall–Kier alpha value is -1.39. The van der Waals surface area contributed by atoms with Crippen molar-refractivity contribution in [3.05, 3.63) is 29.3 Å². The van der Waals surface area contributed by atoms with Crippen molar-refractivity contribution < 1.29 is 9.59 Å². The van der Waals surface area contributed by atoms with E-state index >= 15 is 0 Å². The molecule has 0 saturated carbocycles. The summed E-state index contributed by atoms with van der Waals surface area (Å²) in [6.45, 7) is 1.81. The maximum atomic E-state index is 12.2. The zero-order valence-electron chi connectivity index (χ0n) is 12.0. The van der Waals surface area contributed by atoms with Gasteiger partial charge >= 0.3 is 0 Å². The van der Waals surface area contributed by atoms with Crippen molar-refractivity contribution in [2.45, 2.75) is 32.1 Å². The number of nitrogens with one attached hydrogen (secondary N) is 2. The number of fused-ring (bicyclic) bond motifs is 1. The summed E-state index contributed by atoms with van der Waals surface area (Å²) in [6, 6.07) is 5.73. The lowest BCUT2D eigenvalue weighted by Gasteiger charge is -2.22. The first-order chi connectivity index (χ1) is 9.74. The first-order valence-corrected chi connectivity index (χ1v) is 7.42. The molecule has 2 N–H and O–H groups in total. The quantitative estimate of drug-likeness (QED) is 0.883. The van der Waals surface area contributed by atoms with Gasteiger partial charge in [-0.1, -0.05) is 6.07 Å². The van der Waals surface area contributed by atoms with Gasteiger partial charge in [0.15, 0.2) is 5.78 Å². The fourth-order valence-electron chi connectivity index (χ4n) is 3.03. The van der Waals surface area contributed by atoms with E-state index in [0.29, 0.717) is 6.42 Å². The predicted octanol–water partition coefficient (Wildman–Crippen LogP) is 2.57. The molecule has 0 bridgehead atoms. The van der Waals surface area contributed by atoms with Crippen molar-refractivity contribution in [2.24, 2.45) is 5.92 Å². The first-order valence-electron chi connectivity index (χ1n) is 7.42. The van der Waals surface area contributed by atoms with Gasteiger partial charge in [-0.15, -0.1) is 12.4 Å². The van der Waals surface area contributed by atoms with E-state index in [1.165, 1.54) is 0 Å².